The van der Waals surface area contributed by atoms with Gasteiger partial charge >= 0.3 is 0 Å². The molecule has 5 rings (SSSR count). The van der Waals surface area contributed by atoms with Crippen LogP contribution in [0.15, 0.2) is 59.4 Å². The number of aromatic nitrogens is 5. The Bertz CT molecular complexity index is 1340. The molecule has 0 amide bonds. The summed E-state index contributed by atoms with van der Waals surface area (Å²) in [5.74, 6) is 0.924. The van der Waals surface area contributed by atoms with Crippen molar-refractivity contribution in [2.24, 2.45) is 0 Å². The monoisotopic (exact) mass is 484 g/mol. The molecule has 0 aliphatic heterocycles. The fourth-order valence-electron chi connectivity index (χ4n) is 5.56. The highest BCUT2D eigenvalue weighted by Gasteiger charge is 2.29. The molecule has 2 aromatic carbocycles. The molecule has 0 bridgehead atoms. The van der Waals surface area contributed by atoms with Crippen molar-refractivity contribution in [2.75, 3.05) is 0 Å². The Hall–Kier alpha value is -3.32. The number of nitrogens with one attached hydrogen (secondary N) is 1. The number of hydrogen-bond acceptors (Lipinski definition) is 5. The Balaban J connectivity index is 1.54. The van der Waals surface area contributed by atoms with E-state index in [1.807, 2.05) is 24.3 Å². The maximum absolute atomic E-state index is 13.2. The smallest absolute Gasteiger partial charge is 0.252 e. The molecule has 2 heterocycles. The van der Waals surface area contributed by atoms with Gasteiger partial charge in [-0.25, -0.2) is 4.68 Å². The summed E-state index contributed by atoms with van der Waals surface area (Å²) >= 11 is 0. The summed E-state index contributed by atoms with van der Waals surface area (Å²) in [4.78, 5) is 18.6. The van der Waals surface area contributed by atoms with E-state index in [2.05, 4.69) is 74.3 Å². The van der Waals surface area contributed by atoms with Gasteiger partial charge in [0.05, 0.1) is 12.1 Å². The third kappa shape index (κ3) is 5.41. The third-order valence-corrected chi connectivity index (χ3v) is 7.42. The number of aromatic amines is 1. The highest BCUT2D eigenvalue weighted by molar-refractivity contribution is 5.79. The van der Waals surface area contributed by atoms with Crippen molar-refractivity contribution in [3.63, 3.8) is 0 Å². The van der Waals surface area contributed by atoms with Crippen LogP contribution in [-0.2, 0) is 13.1 Å². The predicted molar refractivity (Wildman–Crippen MR) is 143 cm³/mol. The van der Waals surface area contributed by atoms with Crippen LogP contribution in [0.1, 0.15) is 86.5 Å². The number of fused-ring (bicyclic) bond motifs is 1. The molecule has 1 fully saturated rings. The molecule has 1 saturated carbocycles. The van der Waals surface area contributed by atoms with Gasteiger partial charge in [0.1, 0.15) is 0 Å². The molecular formula is C29H36N6O. The van der Waals surface area contributed by atoms with Crippen LogP contribution in [0.3, 0.4) is 0 Å². The minimum absolute atomic E-state index is 0.0136. The molecule has 36 heavy (non-hydrogen) atoms. The summed E-state index contributed by atoms with van der Waals surface area (Å²) in [5, 5.41) is 14.2. The van der Waals surface area contributed by atoms with Crippen molar-refractivity contribution < 1.29 is 0 Å². The Morgan fingerprint density at radius 1 is 1.06 bits per heavy atom. The molecule has 0 spiro atoms. The van der Waals surface area contributed by atoms with Crippen molar-refractivity contribution in [3.8, 4) is 0 Å². The summed E-state index contributed by atoms with van der Waals surface area (Å²) in [6, 6.07) is 19.0. The summed E-state index contributed by atoms with van der Waals surface area (Å²) in [5.41, 5.74) is 3.99. The van der Waals surface area contributed by atoms with E-state index in [1.54, 1.807) is 0 Å². The second kappa shape index (κ2) is 11.2. The molecule has 0 saturated heterocycles. The third-order valence-electron chi connectivity index (χ3n) is 7.42. The van der Waals surface area contributed by atoms with Gasteiger partial charge in [0, 0.05) is 24.2 Å². The zero-order chi connectivity index (χ0) is 24.9. The Morgan fingerprint density at radius 3 is 2.64 bits per heavy atom. The molecule has 7 heteroatoms. The first-order chi connectivity index (χ1) is 17.6. The lowest BCUT2D eigenvalue weighted by atomic mass is 9.95. The molecule has 7 nitrogen and oxygen atoms in total. The van der Waals surface area contributed by atoms with Crippen LogP contribution in [-0.4, -0.2) is 30.1 Å². The lowest BCUT2D eigenvalue weighted by Crippen LogP contribution is -2.33. The minimum Gasteiger partial charge on any atom is -0.322 e. The van der Waals surface area contributed by atoms with Crippen molar-refractivity contribution >= 4 is 10.9 Å². The average Bonchev–Trinajstić information content (AvgIpc) is 3.38. The molecule has 1 aliphatic carbocycles. The van der Waals surface area contributed by atoms with E-state index in [9.17, 15) is 4.79 Å². The second-order valence-corrected chi connectivity index (χ2v) is 10.2. The fourth-order valence-corrected chi connectivity index (χ4v) is 5.56. The standard InChI is InChI=1S/C29H36N6O/c1-3-10-27(28-31-32-33-35(28)25-13-8-5-9-14-25)34(19-22-11-6-4-7-12-22)20-24-18-23-17-21(2)15-16-26(23)30-29(24)36/h4,6-7,11-12,15-18,25,27H,3,5,8-10,13-14,19-20H2,1-2H3,(H,30,36)/t27-/m1/s1. The number of H-pyrrole nitrogens is 1. The molecule has 4 aromatic rings. The summed E-state index contributed by atoms with van der Waals surface area (Å²) < 4.78 is 2.09. The highest BCUT2D eigenvalue weighted by atomic mass is 16.1. The number of benzene rings is 2. The van der Waals surface area contributed by atoms with Gasteiger partial charge in [-0.3, -0.25) is 9.69 Å². The van der Waals surface area contributed by atoms with Gasteiger partial charge in [-0.1, -0.05) is 74.6 Å². The first-order valence-corrected chi connectivity index (χ1v) is 13.3. The van der Waals surface area contributed by atoms with Crippen molar-refractivity contribution in [1.82, 2.24) is 30.1 Å². The van der Waals surface area contributed by atoms with Gasteiger partial charge in [-0.05, 0) is 65.8 Å². The predicted octanol–water partition coefficient (Wildman–Crippen LogP) is 5.87. The van der Waals surface area contributed by atoms with Gasteiger partial charge in [-0.2, -0.15) is 0 Å². The van der Waals surface area contributed by atoms with Crippen LogP contribution in [0, 0.1) is 6.92 Å². The molecule has 188 valence electrons. The van der Waals surface area contributed by atoms with Crippen molar-refractivity contribution in [3.05, 3.63) is 87.5 Å². The average molecular weight is 485 g/mol. The first-order valence-electron chi connectivity index (χ1n) is 13.3. The summed E-state index contributed by atoms with van der Waals surface area (Å²) in [6.45, 7) is 5.52. The molecule has 0 radical (unpaired) electrons. The zero-order valence-electron chi connectivity index (χ0n) is 21.4. The minimum atomic E-state index is -0.0356. The topological polar surface area (TPSA) is 79.7 Å². The molecule has 1 N–H and O–H groups in total. The number of nitrogens with zero attached hydrogens (tertiary/aromatic N) is 5. The van der Waals surface area contributed by atoms with Gasteiger partial charge in [0.15, 0.2) is 5.82 Å². The van der Waals surface area contributed by atoms with Crippen molar-refractivity contribution in [2.45, 2.75) is 84.0 Å². The van der Waals surface area contributed by atoms with E-state index in [0.717, 1.165) is 48.0 Å². The van der Waals surface area contributed by atoms with Gasteiger partial charge in [-0.15, -0.1) is 5.10 Å². The number of hydrogen-bond donors (Lipinski definition) is 1. The van der Waals surface area contributed by atoms with Gasteiger partial charge in [0.25, 0.3) is 5.56 Å². The van der Waals surface area contributed by atoms with Crippen molar-refractivity contribution in [1.29, 1.82) is 0 Å². The maximum atomic E-state index is 13.2. The Labute approximate surface area is 212 Å². The lowest BCUT2D eigenvalue weighted by Gasteiger charge is -2.32. The van der Waals surface area contributed by atoms with Gasteiger partial charge < -0.3 is 4.98 Å². The Morgan fingerprint density at radius 2 is 1.86 bits per heavy atom. The highest BCUT2D eigenvalue weighted by Crippen LogP contribution is 2.33. The summed E-state index contributed by atoms with van der Waals surface area (Å²) in [7, 11) is 0. The number of pyridine rings is 1. The maximum Gasteiger partial charge on any atom is 0.252 e. The van der Waals surface area contributed by atoms with Crippen LogP contribution in [0.5, 0.6) is 0 Å². The molecular weight excluding hydrogens is 448 g/mol. The van der Waals surface area contributed by atoms with E-state index in [4.69, 9.17) is 0 Å². The molecule has 1 aliphatic rings. The zero-order valence-corrected chi connectivity index (χ0v) is 21.4. The van der Waals surface area contributed by atoms with E-state index < -0.39 is 0 Å². The number of aryl methyl sites for hydroxylation is 1. The lowest BCUT2D eigenvalue weighted by molar-refractivity contribution is 0.150. The molecule has 0 unspecified atom stereocenters. The van der Waals surface area contributed by atoms with Crippen LogP contribution in [0.25, 0.3) is 10.9 Å². The van der Waals surface area contributed by atoms with Gasteiger partial charge in [0.2, 0.25) is 0 Å². The SMILES string of the molecule is CCC[C@H](c1nnnn1C1CCCCC1)N(Cc1ccccc1)Cc1cc2cc(C)ccc2[nH]c1=O. The largest absolute Gasteiger partial charge is 0.322 e. The van der Waals surface area contributed by atoms with Crippen LogP contribution < -0.4 is 5.56 Å². The van der Waals surface area contributed by atoms with Crippen LogP contribution in [0.4, 0.5) is 0 Å². The first kappa shape index (κ1) is 24.4. The summed E-state index contributed by atoms with van der Waals surface area (Å²) in [6.07, 6.45) is 7.91. The quantitative estimate of drug-likeness (QED) is 0.321. The number of rotatable bonds is 9. The normalized spacial score (nSPS) is 15.5. The van der Waals surface area contributed by atoms with E-state index in [0.29, 0.717) is 19.1 Å². The number of tetrazole rings is 1. The molecule has 1 atom stereocenters. The van der Waals surface area contributed by atoms with E-state index in [1.165, 1.54) is 30.4 Å². The van der Waals surface area contributed by atoms with Crippen LogP contribution in [0.2, 0.25) is 0 Å². The Kier molecular flexibility index (Phi) is 7.56. The second-order valence-electron chi connectivity index (χ2n) is 10.2. The van der Waals surface area contributed by atoms with Crippen LogP contribution >= 0.6 is 0 Å². The van der Waals surface area contributed by atoms with E-state index >= 15 is 0 Å². The molecule has 2 aromatic heterocycles. The van der Waals surface area contributed by atoms with E-state index in [-0.39, 0.29) is 11.6 Å². The fraction of sp³-hybridized carbons (Fsp3) is 0.448.